The summed E-state index contributed by atoms with van der Waals surface area (Å²) in [6.07, 6.45) is 6.01. The van der Waals surface area contributed by atoms with Crippen LogP contribution in [0.3, 0.4) is 0 Å². The lowest BCUT2D eigenvalue weighted by Crippen LogP contribution is -2.66. The Balaban J connectivity index is 1.33. The molecule has 0 aromatic heterocycles. The predicted octanol–water partition coefficient (Wildman–Crippen LogP) is 9.39. The minimum Gasteiger partial charge on any atom is -0.471 e. The number of hydrogen-bond donors (Lipinski definition) is 0. The smallest absolute Gasteiger partial charge is 0.261 e. The van der Waals surface area contributed by atoms with E-state index < -0.39 is 31.6 Å². The van der Waals surface area contributed by atoms with Crippen LogP contribution in [-0.4, -0.2) is 70.1 Å². The molecule has 0 radical (unpaired) electrons. The lowest BCUT2D eigenvalue weighted by atomic mass is 9.71. The van der Waals surface area contributed by atoms with Crippen molar-refractivity contribution in [3.05, 3.63) is 114 Å². The van der Waals surface area contributed by atoms with Gasteiger partial charge in [-0.15, -0.1) is 5.92 Å². The summed E-state index contributed by atoms with van der Waals surface area (Å²) in [5.41, 5.74) is 0.398. The van der Waals surface area contributed by atoms with Gasteiger partial charge in [-0.1, -0.05) is 151 Å². The Bertz CT molecular complexity index is 1870. The summed E-state index contributed by atoms with van der Waals surface area (Å²) in [6, 6.07) is 31.1. The van der Waals surface area contributed by atoms with Crippen molar-refractivity contribution in [2.24, 2.45) is 11.3 Å². The Kier molecular flexibility index (Phi) is 17.2. The summed E-state index contributed by atoms with van der Waals surface area (Å²) >= 11 is 0. The monoisotopic (exact) mass is 830 g/mol. The Labute approximate surface area is 346 Å². The third-order valence-corrected chi connectivity index (χ3v) is 19.5. The van der Waals surface area contributed by atoms with Gasteiger partial charge < -0.3 is 23.4 Å². The maximum absolute atomic E-state index is 13.6. The minimum absolute atomic E-state index is 0.0476. The summed E-state index contributed by atoms with van der Waals surface area (Å²) in [5, 5.41) is 2.47. The molecule has 3 aromatic rings. The molecule has 0 unspecified atom stereocenters. The zero-order chi connectivity index (χ0) is 41.6. The molecule has 0 amide bonds. The van der Waals surface area contributed by atoms with E-state index in [1.54, 1.807) is 24.3 Å². The molecular formula is C47H66O7SSi2. The van der Waals surface area contributed by atoms with Crippen molar-refractivity contribution >= 4 is 36.6 Å². The predicted molar refractivity (Wildman–Crippen MR) is 239 cm³/mol. The van der Waals surface area contributed by atoms with Crippen molar-refractivity contribution in [3.8, 4) is 11.8 Å². The molecule has 3 atom stereocenters. The molecule has 0 N–H and O–H groups in total. The van der Waals surface area contributed by atoms with Gasteiger partial charge in [-0.05, 0) is 65.3 Å². The van der Waals surface area contributed by atoms with E-state index in [4.69, 9.17) is 23.4 Å². The van der Waals surface area contributed by atoms with Gasteiger partial charge in [0.25, 0.3) is 8.32 Å². The van der Waals surface area contributed by atoms with Gasteiger partial charge in [0.05, 0.1) is 23.4 Å². The summed E-state index contributed by atoms with van der Waals surface area (Å²) < 4.78 is 58.2. The Morgan fingerprint density at radius 2 is 1.47 bits per heavy atom. The zero-order valence-electron chi connectivity index (χ0n) is 35.8. The topological polar surface area (TPSA) is 80.3 Å². The SMILES string of the molecule is C/C(=C\CCC#CCOCOC1=C[C@@H](OCOCC[Si](C)(C)C)C[C@@H](C)[C@]1(C)CS(=O)(=O)c1ccccc1)CO[Si](c1ccccc1)(c1ccccc1)C(C)(C)C. The van der Waals surface area contributed by atoms with Crippen LogP contribution in [0.15, 0.2) is 119 Å². The minimum atomic E-state index is -3.59. The van der Waals surface area contributed by atoms with Gasteiger partial charge in [0, 0.05) is 26.5 Å². The lowest BCUT2D eigenvalue weighted by Gasteiger charge is -2.43. The normalized spacial score (nSPS) is 19.4. The summed E-state index contributed by atoms with van der Waals surface area (Å²) in [6.45, 7) is 21.5. The number of unbranched alkanes of at least 4 members (excludes halogenated alkanes) is 1. The first kappa shape index (κ1) is 46.4. The Morgan fingerprint density at radius 1 is 0.877 bits per heavy atom. The number of benzene rings is 3. The first-order valence-corrected chi connectivity index (χ1v) is 27.5. The Morgan fingerprint density at radius 3 is 2.05 bits per heavy atom. The molecule has 3 aromatic carbocycles. The zero-order valence-corrected chi connectivity index (χ0v) is 38.6. The van der Waals surface area contributed by atoms with Crippen LogP contribution in [-0.2, 0) is 33.2 Å². The maximum Gasteiger partial charge on any atom is 0.261 e. The third kappa shape index (κ3) is 13.4. The largest absolute Gasteiger partial charge is 0.471 e. The first-order chi connectivity index (χ1) is 27.0. The Hall–Kier alpha value is -3.28. The van der Waals surface area contributed by atoms with Crippen LogP contribution in [0.2, 0.25) is 30.7 Å². The molecule has 0 spiro atoms. The van der Waals surface area contributed by atoms with E-state index in [1.165, 1.54) is 15.9 Å². The van der Waals surface area contributed by atoms with Crippen LogP contribution >= 0.6 is 0 Å². The molecule has 1 aliphatic carbocycles. The first-order valence-electron chi connectivity index (χ1n) is 20.2. The lowest BCUT2D eigenvalue weighted by molar-refractivity contribution is -0.0936. The van der Waals surface area contributed by atoms with Crippen molar-refractivity contribution in [1.82, 2.24) is 0 Å². The van der Waals surface area contributed by atoms with Gasteiger partial charge in [-0.25, -0.2) is 8.42 Å². The van der Waals surface area contributed by atoms with E-state index in [-0.39, 0.29) is 43.0 Å². The molecule has 1 aliphatic rings. The van der Waals surface area contributed by atoms with Crippen LogP contribution in [0, 0.1) is 23.2 Å². The van der Waals surface area contributed by atoms with Gasteiger partial charge in [0.15, 0.2) is 16.6 Å². The fraction of sp³-hybridized carbons (Fsp3) is 0.489. The molecule has 0 saturated carbocycles. The van der Waals surface area contributed by atoms with Gasteiger partial charge >= 0.3 is 0 Å². The second-order valence-corrected chi connectivity index (χ2v) is 29.6. The number of ether oxygens (including phenoxy) is 4. The highest BCUT2D eigenvalue weighted by molar-refractivity contribution is 7.91. The number of hydrogen-bond acceptors (Lipinski definition) is 7. The van der Waals surface area contributed by atoms with Crippen molar-refractivity contribution in [2.75, 3.05) is 39.2 Å². The fourth-order valence-corrected chi connectivity index (χ4v) is 14.6. The highest BCUT2D eigenvalue weighted by Gasteiger charge is 2.50. The van der Waals surface area contributed by atoms with Crippen LogP contribution < -0.4 is 10.4 Å². The molecule has 10 heteroatoms. The second-order valence-electron chi connectivity index (χ2n) is 17.7. The van der Waals surface area contributed by atoms with Gasteiger partial charge in [-0.2, -0.15) is 0 Å². The molecule has 57 heavy (non-hydrogen) atoms. The average molecular weight is 831 g/mol. The van der Waals surface area contributed by atoms with Crippen molar-refractivity contribution in [2.45, 2.75) is 103 Å². The molecule has 310 valence electrons. The molecule has 7 nitrogen and oxygen atoms in total. The van der Waals surface area contributed by atoms with E-state index in [0.29, 0.717) is 36.7 Å². The van der Waals surface area contributed by atoms with E-state index >= 15 is 0 Å². The highest BCUT2D eigenvalue weighted by Crippen LogP contribution is 2.45. The molecule has 0 heterocycles. The maximum atomic E-state index is 13.6. The van der Waals surface area contributed by atoms with Gasteiger partial charge in [-0.3, -0.25) is 0 Å². The number of allylic oxidation sites excluding steroid dienone is 2. The molecule has 0 aliphatic heterocycles. The van der Waals surface area contributed by atoms with E-state index in [0.717, 1.165) is 12.5 Å². The van der Waals surface area contributed by atoms with Gasteiger partial charge in [0.1, 0.15) is 19.2 Å². The van der Waals surface area contributed by atoms with Crippen LogP contribution in [0.25, 0.3) is 0 Å². The highest BCUT2D eigenvalue weighted by atomic mass is 32.2. The number of rotatable bonds is 20. The molecular weight excluding hydrogens is 765 g/mol. The average Bonchev–Trinajstić information content (AvgIpc) is 3.16. The summed E-state index contributed by atoms with van der Waals surface area (Å²) in [7, 11) is -7.40. The molecule has 0 saturated heterocycles. The van der Waals surface area contributed by atoms with Crippen LogP contribution in [0.4, 0.5) is 0 Å². The van der Waals surface area contributed by atoms with Crippen molar-refractivity contribution in [1.29, 1.82) is 0 Å². The molecule has 4 rings (SSSR count). The third-order valence-electron chi connectivity index (χ3n) is 10.8. The quantitative estimate of drug-likeness (QED) is 0.0369. The van der Waals surface area contributed by atoms with Gasteiger partial charge in [0.2, 0.25) is 0 Å². The standard InChI is InChI=1S/C47H66O7SSi2/c1-39(35-54-57(46(3,4)5,43-26-18-13-19-27-43)44-28-20-14-21-29-44)23-15-10-11-22-30-50-38-53-45-34-41(52-37-51-31-32-56(7,8)9)33-40(2)47(45,6)36-55(48,49)42-24-16-12-17-25-42/h12-14,16-21,23-29,34,40-41H,10,15,30-33,35-38H2,1-9H3/b39-23+/t40-,41+,47+/m1/s1. The van der Waals surface area contributed by atoms with Crippen molar-refractivity contribution < 1.29 is 31.8 Å². The van der Waals surface area contributed by atoms with E-state index in [1.807, 2.05) is 19.1 Å². The van der Waals surface area contributed by atoms with E-state index in [2.05, 4.69) is 133 Å². The molecule has 0 fully saturated rings. The fourth-order valence-electron chi connectivity index (χ4n) is 7.27. The second kappa shape index (κ2) is 21.1. The van der Waals surface area contributed by atoms with E-state index in [9.17, 15) is 8.42 Å². The van der Waals surface area contributed by atoms with Crippen LogP contribution in [0.1, 0.15) is 60.8 Å². The van der Waals surface area contributed by atoms with Crippen molar-refractivity contribution in [3.63, 3.8) is 0 Å². The van der Waals surface area contributed by atoms with Crippen LogP contribution in [0.5, 0.6) is 0 Å². The number of sulfone groups is 1. The summed E-state index contributed by atoms with van der Waals surface area (Å²) in [4.78, 5) is 0.301. The summed E-state index contributed by atoms with van der Waals surface area (Å²) in [5.74, 6) is 6.74. The molecule has 0 bridgehead atoms.